The first kappa shape index (κ1) is 9.83. The first-order valence-electron chi connectivity index (χ1n) is 5.29. The maximum atomic E-state index is 11.9. The van der Waals surface area contributed by atoms with Crippen LogP contribution in [0, 0.1) is 0 Å². The van der Waals surface area contributed by atoms with Crippen LogP contribution in [0.15, 0.2) is 35.7 Å². The van der Waals surface area contributed by atoms with Gasteiger partial charge in [0.1, 0.15) is 6.33 Å². The van der Waals surface area contributed by atoms with E-state index in [2.05, 4.69) is 10.1 Å². The van der Waals surface area contributed by atoms with Crippen LogP contribution < -0.4 is 0 Å². The fourth-order valence-electron chi connectivity index (χ4n) is 1.68. The lowest BCUT2D eigenvalue weighted by Crippen LogP contribution is -2.23. The first-order valence-corrected chi connectivity index (χ1v) is 5.29. The molecule has 2 aromatic rings. The number of rotatable bonds is 1. The zero-order valence-electron chi connectivity index (χ0n) is 8.98. The molecule has 0 fully saturated rings. The molecule has 0 N–H and O–H groups in total. The number of hydrazone groups is 1. The van der Waals surface area contributed by atoms with Crippen molar-refractivity contribution in [1.82, 2.24) is 14.7 Å². The summed E-state index contributed by atoms with van der Waals surface area (Å²) in [6.45, 7) is 0.596. The van der Waals surface area contributed by atoms with Crippen LogP contribution in [-0.4, -0.2) is 33.6 Å². The lowest BCUT2D eigenvalue weighted by atomic mass is 10.3. The number of fused-ring (bicyclic) bond motifs is 1. The molecule has 6 heteroatoms. The lowest BCUT2D eigenvalue weighted by Gasteiger charge is -2.12. The Morgan fingerprint density at radius 3 is 3.06 bits per heavy atom. The van der Waals surface area contributed by atoms with Crippen molar-refractivity contribution in [1.29, 1.82) is 0 Å². The molecule has 0 spiro atoms. The van der Waals surface area contributed by atoms with Gasteiger partial charge in [-0.25, -0.2) is 14.3 Å². The fourth-order valence-corrected chi connectivity index (χ4v) is 1.68. The van der Waals surface area contributed by atoms with Gasteiger partial charge in [0.25, 0.3) is 0 Å². The van der Waals surface area contributed by atoms with Crippen LogP contribution in [0.1, 0.15) is 6.42 Å². The molecule has 0 amide bonds. The van der Waals surface area contributed by atoms with Crippen LogP contribution in [0.3, 0.4) is 0 Å². The molecular formula is C11H10N4O2. The predicted octanol–water partition coefficient (Wildman–Crippen LogP) is 1.63. The van der Waals surface area contributed by atoms with Gasteiger partial charge >= 0.3 is 6.09 Å². The van der Waals surface area contributed by atoms with E-state index in [0.29, 0.717) is 6.54 Å². The van der Waals surface area contributed by atoms with Crippen LogP contribution in [-0.2, 0) is 4.84 Å². The second-order valence-electron chi connectivity index (χ2n) is 3.62. The van der Waals surface area contributed by atoms with E-state index in [0.717, 1.165) is 17.5 Å². The van der Waals surface area contributed by atoms with E-state index in [1.165, 1.54) is 16.1 Å². The summed E-state index contributed by atoms with van der Waals surface area (Å²) in [6, 6.07) is 7.38. The molecule has 0 radical (unpaired) electrons. The summed E-state index contributed by atoms with van der Waals surface area (Å²) in [4.78, 5) is 21.1. The van der Waals surface area contributed by atoms with Crippen LogP contribution in [0.2, 0.25) is 0 Å². The summed E-state index contributed by atoms with van der Waals surface area (Å²) < 4.78 is 1.36. The fraction of sp³-hybridized carbons (Fsp3) is 0.182. The highest BCUT2D eigenvalue weighted by atomic mass is 16.7. The van der Waals surface area contributed by atoms with E-state index in [4.69, 9.17) is 4.84 Å². The number of nitrogens with zero attached hydrogens (tertiary/aromatic N) is 4. The lowest BCUT2D eigenvalue weighted by molar-refractivity contribution is -0.0888. The molecule has 0 saturated carbocycles. The van der Waals surface area contributed by atoms with Gasteiger partial charge in [-0.05, 0) is 12.1 Å². The maximum absolute atomic E-state index is 11.9. The molecule has 1 aromatic carbocycles. The molecule has 3 rings (SSSR count). The van der Waals surface area contributed by atoms with E-state index in [1.807, 2.05) is 24.3 Å². The quantitative estimate of drug-likeness (QED) is 0.747. The van der Waals surface area contributed by atoms with Gasteiger partial charge in [0.2, 0.25) is 0 Å². The topological polar surface area (TPSA) is 59.7 Å². The van der Waals surface area contributed by atoms with E-state index in [-0.39, 0.29) is 0 Å². The summed E-state index contributed by atoms with van der Waals surface area (Å²) in [5.74, 6) is 0. The van der Waals surface area contributed by atoms with Crippen LogP contribution in [0.25, 0.3) is 11.0 Å². The van der Waals surface area contributed by atoms with Gasteiger partial charge in [0, 0.05) is 12.6 Å². The minimum absolute atomic E-state index is 0.502. The van der Waals surface area contributed by atoms with E-state index < -0.39 is 6.09 Å². The molecule has 0 aliphatic carbocycles. The highest BCUT2D eigenvalue weighted by molar-refractivity contribution is 5.86. The summed E-state index contributed by atoms with van der Waals surface area (Å²) in [7, 11) is 0. The minimum atomic E-state index is -0.502. The largest absolute Gasteiger partial charge is 0.445 e. The van der Waals surface area contributed by atoms with Gasteiger partial charge in [0.05, 0.1) is 17.6 Å². The Balaban J connectivity index is 1.87. The molecule has 0 unspecified atom stereocenters. The van der Waals surface area contributed by atoms with Crippen molar-refractivity contribution in [2.24, 2.45) is 5.10 Å². The summed E-state index contributed by atoms with van der Waals surface area (Å²) >= 11 is 0. The Hall–Kier alpha value is -2.37. The Bertz CT molecular complexity index is 590. The summed E-state index contributed by atoms with van der Waals surface area (Å²) in [5, 5.41) is 5.17. The molecule has 0 saturated heterocycles. The predicted molar refractivity (Wildman–Crippen MR) is 61.4 cm³/mol. The number of benzene rings is 1. The number of hydrogen-bond acceptors (Lipinski definition) is 5. The molecule has 1 aliphatic heterocycles. The molecule has 0 bridgehead atoms. The molecule has 6 nitrogen and oxygen atoms in total. The Morgan fingerprint density at radius 1 is 1.35 bits per heavy atom. The van der Waals surface area contributed by atoms with Crippen molar-refractivity contribution in [3.8, 4) is 0 Å². The Morgan fingerprint density at radius 2 is 2.24 bits per heavy atom. The minimum Gasteiger partial charge on any atom is -0.303 e. The third-order valence-corrected chi connectivity index (χ3v) is 2.49. The number of imidazole rings is 1. The van der Waals surface area contributed by atoms with Crippen LogP contribution in [0.5, 0.6) is 0 Å². The van der Waals surface area contributed by atoms with E-state index in [1.54, 1.807) is 6.21 Å². The van der Waals surface area contributed by atoms with Crippen molar-refractivity contribution in [3.63, 3.8) is 0 Å². The molecule has 17 heavy (non-hydrogen) atoms. The van der Waals surface area contributed by atoms with E-state index >= 15 is 0 Å². The van der Waals surface area contributed by atoms with Gasteiger partial charge in [0.15, 0.2) is 0 Å². The molecule has 2 heterocycles. The number of hydroxylamine groups is 1. The Labute approximate surface area is 97.1 Å². The monoisotopic (exact) mass is 230 g/mol. The SMILES string of the molecule is O=C(ON1CCC=N1)n1cnc2ccccc21. The third-order valence-electron chi connectivity index (χ3n) is 2.49. The normalized spacial score (nSPS) is 14.5. The van der Waals surface area contributed by atoms with Gasteiger partial charge in [-0.3, -0.25) is 0 Å². The second-order valence-corrected chi connectivity index (χ2v) is 3.62. The van der Waals surface area contributed by atoms with E-state index in [9.17, 15) is 4.79 Å². The van der Waals surface area contributed by atoms with Gasteiger partial charge < -0.3 is 4.84 Å². The number of aromatic nitrogens is 2. The second kappa shape index (κ2) is 3.89. The number of carbonyl (C=O) groups excluding carboxylic acids is 1. The number of para-hydroxylation sites is 2. The van der Waals surface area contributed by atoms with Crippen molar-refractivity contribution < 1.29 is 9.63 Å². The van der Waals surface area contributed by atoms with Crippen molar-refractivity contribution in [3.05, 3.63) is 30.6 Å². The molecule has 1 aromatic heterocycles. The highest BCUT2D eigenvalue weighted by Gasteiger charge is 2.16. The smallest absolute Gasteiger partial charge is 0.303 e. The average Bonchev–Trinajstić information content (AvgIpc) is 2.96. The van der Waals surface area contributed by atoms with Crippen LogP contribution >= 0.6 is 0 Å². The molecular weight excluding hydrogens is 220 g/mol. The zero-order valence-corrected chi connectivity index (χ0v) is 8.98. The van der Waals surface area contributed by atoms with Gasteiger partial charge in [-0.1, -0.05) is 12.1 Å². The van der Waals surface area contributed by atoms with Crippen molar-refractivity contribution in [2.75, 3.05) is 6.54 Å². The van der Waals surface area contributed by atoms with Crippen LogP contribution in [0.4, 0.5) is 4.79 Å². The van der Waals surface area contributed by atoms with Crippen molar-refractivity contribution >= 4 is 23.3 Å². The number of carbonyl (C=O) groups is 1. The number of hydrogen-bond donors (Lipinski definition) is 0. The molecule has 1 aliphatic rings. The average molecular weight is 230 g/mol. The van der Waals surface area contributed by atoms with Gasteiger partial charge in [-0.15, -0.1) is 5.17 Å². The zero-order chi connectivity index (χ0) is 11.7. The summed E-state index contributed by atoms with van der Waals surface area (Å²) in [6.07, 6.45) is 3.45. The Kier molecular flexibility index (Phi) is 2.25. The molecule has 0 atom stereocenters. The standard InChI is InChI=1S/C11H10N4O2/c16-11(17-15-7-3-6-13-15)14-8-12-9-4-1-2-5-10(9)14/h1-2,4-6,8H,3,7H2. The molecule has 86 valence electrons. The first-order chi connectivity index (χ1) is 8.34. The van der Waals surface area contributed by atoms with Crippen molar-refractivity contribution in [2.45, 2.75) is 6.42 Å². The maximum Gasteiger partial charge on any atom is 0.445 e. The third kappa shape index (κ3) is 1.73. The highest BCUT2D eigenvalue weighted by Crippen LogP contribution is 2.13. The summed E-state index contributed by atoms with van der Waals surface area (Å²) in [5.41, 5.74) is 1.48. The van der Waals surface area contributed by atoms with Gasteiger partial charge in [-0.2, -0.15) is 5.10 Å².